The van der Waals surface area contributed by atoms with E-state index in [9.17, 15) is 5.11 Å². The summed E-state index contributed by atoms with van der Waals surface area (Å²) in [6.07, 6.45) is 0. The lowest BCUT2D eigenvalue weighted by atomic mass is 10.1. The van der Waals surface area contributed by atoms with E-state index in [2.05, 4.69) is 41.4 Å². The van der Waals surface area contributed by atoms with Crippen molar-refractivity contribution in [1.29, 1.82) is 0 Å². The van der Waals surface area contributed by atoms with Crippen molar-refractivity contribution in [2.24, 2.45) is 0 Å². The summed E-state index contributed by atoms with van der Waals surface area (Å²) in [7, 11) is 0. The topological polar surface area (TPSA) is 44.7 Å². The molecule has 0 aliphatic carbocycles. The molecule has 0 spiro atoms. The number of benzene rings is 1. The van der Waals surface area contributed by atoms with Crippen molar-refractivity contribution < 1.29 is 9.84 Å². The first kappa shape index (κ1) is 15.4. The van der Waals surface area contributed by atoms with Crippen LogP contribution in [-0.2, 0) is 11.3 Å². The fourth-order valence-corrected chi connectivity index (χ4v) is 2.60. The van der Waals surface area contributed by atoms with Crippen LogP contribution in [0.5, 0.6) is 0 Å². The molecule has 2 rings (SSSR count). The first-order valence-electron chi connectivity index (χ1n) is 7.34. The standard InChI is InChI=1S/C16H26N2O2/c1-14-4-3-5-15(10-14)11-17-12-16(2,19)13-18-6-8-20-9-7-18/h3-5,10,17,19H,6-9,11-13H2,1-2H3. The van der Waals surface area contributed by atoms with Crippen LogP contribution in [0.3, 0.4) is 0 Å². The van der Waals surface area contributed by atoms with Crippen molar-refractivity contribution in [2.75, 3.05) is 39.4 Å². The SMILES string of the molecule is Cc1cccc(CNCC(C)(O)CN2CCOCC2)c1. The molecule has 0 amide bonds. The van der Waals surface area contributed by atoms with Crippen molar-refractivity contribution >= 4 is 0 Å². The van der Waals surface area contributed by atoms with Gasteiger partial charge in [0.1, 0.15) is 0 Å². The van der Waals surface area contributed by atoms with Gasteiger partial charge in [-0.1, -0.05) is 29.8 Å². The molecule has 112 valence electrons. The minimum Gasteiger partial charge on any atom is -0.388 e. The van der Waals surface area contributed by atoms with Crippen LogP contribution in [0.25, 0.3) is 0 Å². The van der Waals surface area contributed by atoms with Crippen molar-refractivity contribution in [3.05, 3.63) is 35.4 Å². The van der Waals surface area contributed by atoms with Crippen LogP contribution in [0.4, 0.5) is 0 Å². The molecule has 0 bridgehead atoms. The molecule has 1 aliphatic rings. The summed E-state index contributed by atoms with van der Waals surface area (Å²) in [5, 5.41) is 13.8. The molecular formula is C16H26N2O2. The molecule has 2 N–H and O–H groups in total. The van der Waals surface area contributed by atoms with Gasteiger partial charge in [0, 0.05) is 32.7 Å². The summed E-state index contributed by atoms with van der Waals surface area (Å²) in [4.78, 5) is 2.26. The highest BCUT2D eigenvalue weighted by molar-refractivity contribution is 5.21. The monoisotopic (exact) mass is 278 g/mol. The Morgan fingerprint density at radius 2 is 2.10 bits per heavy atom. The van der Waals surface area contributed by atoms with E-state index in [4.69, 9.17) is 4.74 Å². The molecule has 1 fully saturated rings. The summed E-state index contributed by atoms with van der Waals surface area (Å²) in [6.45, 7) is 9.43. The van der Waals surface area contributed by atoms with Gasteiger partial charge in [-0.15, -0.1) is 0 Å². The molecule has 1 aromatic carbocycles. The van der Waals surface area contributed by atoms with E-state index in [0.717, 1.165) is 32.8 Å². The molecule has 1 heterocycles. The van der Waals surface area contributed by atoms with E-state index in [0.29, 0.717) is 13.1 Å². The number of rotatable bonds is 6. The Morgan fingerprint density at radius 3 is 2.80 bits per heavy atom. The van der Waals surface area contributed by atoms with Crippen molar-refractivity contribution in [3.8, 4) is 0 Å². The molecule has 20 heavy (non-hydrogen) atoms. The molecule has 0 aromatic heterocycles. The Balaban J connectivity index is 1.74. The quantitative estimate of drug-likeness (QED) is 0.820. The Kier molecular flexibility index (Phi) is 5.54. The number of morpholine rings is 1. The smallest absolute Gasteiger partial charge is 0.0869 e. The van der Waals surface area contributed by atoms with Crippen LogP contribution in [0, 0.1) is 6.92 Å². The predicted octanol–water partition coefficient (Wildman–Crippen LogP) is 1.17. The second kappa shape index (κ2) is 7.18. The van der Waals surface area contributed by atoms with Gasteiger partial charge in [0.25, 0.3) is 0 Å². The average molecular weight is 278 g/mol. The maximum absolute atomic E-state index is 10.5. The first-order chi connectivity index (χ1) is 9.55. The summed E-state index contributed by atoms with van der Waals surface area (Å²) in [5.74, 6) is 0. The van der Waals surface area contributed by atoms with Gasteiger partial charge in [0.2, 0.25) is 0 Å². The van der Waals surface area contributed by atoms with Crippen LogP contribution in [0.15, 0.2) is 24.3 Å². The number of nitrogens with zero attached hydrogens (tertiary/aromatic N) is 1. The number of ether oxygens (including phenoxy) is 1. The zero-order valence-corrected chi connectivity index (χ0v) is 12.6. The molecule has 1 atom stereocenters. The Hall–Kier alpha value is -0.940. The normalized spacial score (nSPS) is 19.8. The summed E-state index contributed by atoms with van der Waals surface area (Å²) in [5.41, 5.74) is 1.82. The van der Waals surface area contributed by atoms with E-state index in [1.807, 2.05) is 6.92 Å². The molecule has 0 radical (unpaired) electrons. The molecule has 1 aromatic rings. The van der Waals surface area contributed by atoms with Gasteiger partial charge in [-0.05, 0) is 19.4 Å². The summed E-state index contributed by atoms with van der Waals surface area (Å²) in [6, 6.07) is 8.44. The third-order valence-corrected chi connectivity index (χ3v) is 3.59. The summed E-state index contributed by atoms with van der Waals surface area (Å²) >= 11 is 0. The van der Waals surface area contributed by atoms with Gasteiger partial charge in [-0.2, -0.15) is 0 Å². The lowest BCUT2D eigenvalue weighted by Crippen LogP contribution is -2.50. The van der Waals surface area contributed by atoms with Crippen molar-refractivity contribution in [3.63, 3.8) is 0 Å². The lowest BCUT2D eigenvalue weighted by Gasteiger charge is -2.34. The van der Waals surface area contributed by atoms with Crippen LogP contribution >= 0.6 is 0 Å². The molecule has 1 aliphatic heterocycles. The number of nitrogens with one attached hydrogen (secondary N) is 1. The average Bonchev–Trinajstić information content (AvgIpc) is 2.39. The first-order valence-corrected chi connectivity index (χ1v) is 7.34. The van der Waals surface area contributed by atoms with Crippen molar-refractivity contribution in [2.45, 2.75) is 26.0 Å². The zero-order chi connectivity index (χ0) is 14.4. The molecule has 1 unspecified atom stereocenters. The fourth-order valence-electron chi connectivity index (χ4n) is 2.60. The minimum absolute atomic E-state index is 0.596. The Bertz CT molecular complexity index is 415. The fraction of sp³-hybridized carbons (Fsp3) is 0.625. The van der Waals surface area contributed by atoms with E-state index < -0.39 is 5.60 Å². The maximum Gasteiger partial charge on any atom is 0.0869 e. The lowest BCUT2D eigenvalue weighted by molar-refractivity contribution is -0.0219. The van der Waals surface area contributed by atoms with Crippen LogP contribution in [0.2, 0.25) is 0 Å². The Labute approximate surface area is 121 Å². The molecule has 0 saturated carbocycles. The van der Waals surface area contributed by atoms with Crippen LogP contribution in [0.1, 0.15) is 18.1 Å². The predicted molar refractivity (Wildman–Crippen MR) is 80.8 cm³/mol. The Morgan fingerprint density at radius 1 is 1.35 bits per heavy atom. The van der Waals surface area contributed by atoms with E-state index >= 15 is 0 Å². The molecular weight excluding hydrogens is 252 g/mol. The zero-order valence-electron chi connectivity index (χ0n) is 12.6. The van der Waals surface area contributed by atoms with Crippen LogP contribution < -0.4 is 5.32 Å². The van der Waals surface area contributed by atoms with E-state index in [1.165, 1.54) is 11.1 Å². The number of β-amino-alcohol motifs (C(OH)–C–C–N with tert-alkyl or cyclic N) is 1. The van der Waals surface area contributed by atoms with Gasteiger partial charge < -0.3 is 15.2 Å². The highest BCUT2D eigenvalue weighted by Crippen LogP contribution is 2.09. The molecule has 4 heteroatoms. The highest BCUT2D eigenvalue weighted by Gasteiger charge is 2.24. The van der Waals surface area contributed by atoms with Gasteiger partial charge in [-0.25, -0.2) is 0 Å². The third-order valence-electron chi connectivity index (χ3n) is 3.59. The molecule has 4 nitrogen and oxygen atoms in total. The minimum atomic E-state index is -0.707. The number of hydrogen-bond donors (Lipinski definition) is 2. The van der Waals surface area contributed by atoms with Gasteiger partial charge in [0.05, 0.1) is 18.8 Å². The van der Waals surface area contributed by atoms with Gasteiger partial charge >= 0.3 is 0 Å². The van der Waals surface area contributed by atoms with Gasteiger partial charge in [0.15, 0.2) is 0 Å². The van der Waals surface area contributed by atoms with E-state index in [-0.39, 0.29) is 0 Å². The number of hydrogen-bond acceptors (Lipinski definition) is 4. The number of aliphatic hydroxyl groups is 1. The largest absolute Gasteiger partial charge is 0.388 e. The van der Waals surface area contributed by atoms with Gasteiger partial charge in [-0.3, -0.25) is 4.90 Å². The summed E-state index contributed by atoms with van der Waals surface area (Å²) < 4.78 is 5.33. The van der Waals surface area contributed by atoms with Crippen LogP contribution in [-0.4, -0.2) is 55.0 Å². The highest BCUT2D eigenvalue weighted by atomic mass is 16.5. The van der Waals surface area contributed by atoms with Crippen molar-refractivity contribution in [1.82, 2.24) is 10.2 Å². The number of aryl methyl sites for hydroxylation is 1. The second-order valence-electron chi connectivity index (χ2n) is 5.98. The third kappa shape index (κ3) is 5.21. The maximum atomic E-state index is 10.5. The molecule has 1 saturated heterocycles. The van der Waals surface area contributed by atoms with E-state index in [1.54, 1.807) is 0 Å². The second-order valence-corrected chi connectivity index (χ2v) is 5.98.